The first-order valence-corrected chi connectivity index (χ1v) is 4.86. The van der Waals surface area contributed by atoms with Gasteiger partial charge in [0.15, 0.2) is 0 Å². The lowest BCUT2D eigenvalue weighted by Crippen LogP contribution is -2.21. The monoisotopic (exact) mass is 191 g/mol. The highest BCUT2D eigenvalue weighted by Gasteiger charge is 2.27. The van der Waals surface area contributed by atoms with E-state index in [0.717, 1.165) is 18.4 Å². The highest BCUT2D eigenvalue weighted by atomic mass is 19.1. The molecule has 0 bridgehead atoms. The number of hydrogen-bond donors (Lipinski definition) is 0. The van der Waals surface area contributed by atoms with E-state index in [2.05, 4.69) is 6.07 Å². The summed E-state index contributed by atoms with van der Waals surface area (Å²) in [5, 5.41) is 9.16. The lowest BCUT2D eigenvalue weighted by molar-refractivity contribution is 0.509. The predicted molar refractivity (Wildman–Crippen MR) is 54.3 cm³/mol. The van der Waals surface area contributed by atoms with Crippen molar-refractivity contribution in [2.45, 2.75) is 32.1 Å². The van der Waals surface area contributed by atoms with E-state index in [9.17, 15) is 4.39 Å². The van der Waals surface area contributed by atoms with E-state index in [1.807, 2.05) is 13.8 Å². The van der Waals surface area contributed by atoms with Crippen LogP contribution in [0, 0.1) is 17.1 Å². The van der Waals surface area contributed by atoms with Crippen molar-refractivity contribution in [1.29, 1.82) is 5.26 Å². The Bertz CT molecular complexity index is 330. The molecule has 0 saturated carbocycles. The quantitative estimate of drug-likeness (QED) is 0.718. The number of halogens is 1. The molecule has 1 aromatic carbocycles. The van der Waals surface area contributed by atoms with Crippen molar-refractivity contribution in [3.63, 3.8) is 0 Å². The van der Waals surface area contributed by atoms with Gasteiger partial charge in [0, 0.05) is 0 Å². The van der Waals surface area contributed by atoms with Crippen LogP contribution in [0.1, 0.15) is 32.3 Å². The molecule has 0 unspecified atom stereocenters. The molecule has 0 saturated heterocycles. The molecule has 14 heavy (non-hydrogen) atoms. The van der Waals surface area contributed by atoms with Crippen LogP contribution in [0.25, 0.3) is 0 Å². The molecular weight excluding hydrogens is 177 g/mol. The summed E-state index contributed by atoms with van der Waals surface area (Å²) in [6.45, 7) is 3.96. The Balaban J connectivity index is 3.13. The van der Waals surface area contributed by atoms with Gasteiger partial charge in [0.2, 0.25) is 0 Å². The molecule has 0 radical (unpaired) electrons. The molecule has 0 N–H and O–H groups in total. The second-order valence-electron chi connectivity index (χ2n) is 3.41. The van der Waals surface area contributed by atoms with Crippen LogP contribution in [-0.2, 0) is 5.41 Å². The van der Waals surface area contributed by atoms with E-state index < -0.39 is 5.41 Å². The van der Waals surface area contributed by atoms with Crippen LogP contribution in [0.5, 0.6) is 0 Å². The van der Waals surface area contributed by atoms with Crippen molar-refractivity contribution in [3.8, 4) is 6.07 Å². The number of rotatable bonds is 3. The molecular formula is C12H14FN. The van der Waals surface area contributed by atoms with Gasteiger partial charge in [0.05, 0.1) is 11.5 Å². The summed E-state index contributed by atoms with van der Waals surface area (Å²) >= 11 is 0. The topological polar surface area (TPSA) is 23.8 Å². The van der Waals surface area contributed by atoms with Gasteiger partial charge in [-0.3, -0.25) is 0 Å². The van der Waals surface area contributed by atoms with Gasteiger partial charge in [0.1, 0.15) is 5.82 Å². The molecule has 0 amide bonds. The number of nitriles is 1. The molecule has 1 nitrogen and oxygen atoms in total. The summed E-state index contributed by atoms with van der Waals surface area (Å²) in [6, 6.07) is 8.55. The van der Waals surface area contributed by atoms with E-state index in [-0.39, 0.29) is 5.82 Å². The van der Waals surface area contributed by atoms with E-state index in [4.69, 9.17) is 5.26 Å². The second-order valence-corrected chi connectivity index (χ2v) is 3.41. The van der Waals surface area contributed by atoms with Gasteiger partial charge in [-0.2, -0.15) is 5.26 Å². The number of hydrogen-bond acceptors (Lipinski definition) is 1. The smallest absolute Gasteiger partial charge is 0.123 e. The van der Waals surface area contributed by atoms with Gasteiger partial charge in [0.25, 0.3) is 0 Å². The normalized spacial score (nSPS) is 11.0. The summed E-state index contributed by atoms with van der Waals surface area (Å²) < 4.78 is 12.7. The van der Waals surface area contributed by atoms with Crippen molar-refractivity contribution in [1.82, 2.24) is 0 Å². The van der Waals surface area contributed by atoms with Crippen molar-refractivity contribution in [2.24, 2.45) is 0 Å². The minimum absolute atomic E-state index is 0.257. The van der Waals surface area contributed by atoms with Crippen molar-refractivity contribution >= 4 is 0 Å². The van der Waals surface area contributed by atoms with Crippen LogP contribution in [0.3, 0.4) is 0 Å². The fraction of sp³-hybridized carbons (Fsp3) is 0.417. The Kier molecular flexibility index (Phi) is 3.24. The first kappa shape index (κ1) is 10.7. The third kappa shape index (κ3) is 1.77. The maximum Gasteiger partial charge on any atom is 0.123 e. The second kappa shape index (κ2) is 4.23. The molecule has 0 spiro atoms. The zero-order valence-electron chi connectivity index (χ0n) is 8.55. The van der Waals surface area contributed by atoms with Gasteiger partial charge in [-0.25, -0.2) is 4.39 Å². The third-order valence-electron chi connectivity index (χ3n) is 2.82. The van der Waals surface area contributed by atoms with Gasteiger partial charge in [-0.05, 0) is 30.5 Å². The maximum absolute atomic E-state index is 12.7. The van der Waals surface area contributed by atoms with Crippen LogP contribution < -0.4 is 0 Å². The van der Waals surface area contributed by atoms with E-state index in [1.165, 1.54) is 12.1 Å². The molecule has 0 aliphatic heterocycles. The Morgan fingerprint density at radius 2 is 1.71 bits per heavy atom. The molecule has 0 fully saturated rings. The van der Waals surface area contributed by atoms with Crippen molar-refractivity contribution < 1.29 is 4.39 Å². The molecule has 74 valence electrons. The molecule has 1 rings (SSSR count). The zero-order chi connectivity index (χ0) is 10.6. The molecule has 2 heteroatoms. The van der Waals surface area contributed by atoms with E-state index in [1.54, 1.807) is 12.1 Å². The van der Waals surface area contributed by atoms with Gasteiger partial charge in [-0.15, -0.1) is 0 Å². The average Bonchev–Trinajstić information content (AvgIpc) is 2.24. The van der Waals surface area contributed by atoms with Crippen molar-refractivity contribution in [2.75, 3.05) is 0 Å². The highest BCUT2D eigenvalue weighted by Crippen LogP contribution is 2.30. The summed E-state index contributed by atoms with van der Waals surface area (Å²) in [7, 11) is 0. The fourth-order valence-electron chi connectivity index (χ4n) is 1.65. The number of nitrogens with zero attached hydrogens (tertiary/aromatic N) is 1. The Morgan fingerprint density at radius 3 is 2.07 bits per heavy atom. The van der Waals surface area contributed by atoms with Crippen molar-refractivity contribution in [3.05, 3.63) is 35.6 Å². The third-order valence-corrected chi connectivity index (χ3v) is 2.82. The first-order valence-electron chi connectivity index (χ1n) is 4.86. The van der Waals surface area contributed by atoms with Gasteiger partial charge >= 0.3 is 0 Å². The van der Waals surface area contributed by atoms with Crippen LogP contribution in [0.4, 0.5) is 4.39 Å². The van der Waals surface area contributed by atoms with Crippen LogP contribution in [0.15, 0.2) is 24.3 Å². The summed E-state index contributed by atoms with van der Waals surface area (Å²) in [5.41, 5.74) is 0.458. The lowest BCUT2D eigenvalue weighted by atomic mass is 9.77. The molecule has 0 atom stereocenters. The molecule has 0 aliphatic carbocycles. The standard InChI is InChI=1S/C12H14FN/c1-3-12(4-2,9-14)10-5-7-11(13)8-6-10/h5-8H,3-4H2,1-2H3. The van der Waals surface area contributed by atoms with Gasteiger partial charge < -0.3 is 0 Å². The molecule has 0 aliphatic rings. The van der Waals surface area contributed by atoms with Crippen LogP contribution in [0.2, 0.25) is 0 Å². The Morgan fingerprint density at radius 1 is 1.21 bits per heavy atom. The lowest BCUT2D eigenvalue weighted by Gasteiger charge is -2.23. The van der Waals surface area contributed by atoms with Crippen LogP contribution in [-0.4, -0.2) is 0 Å². The summed E-state index contributed by atoms with van der Waals surface area (Å²) in [6.07, 6.45) is 1.51. The maximum atomic E-state index is 12.7. The van der Waals surface area contributed by atoms with Gasteiger partial charge in [-0.1, -0.05) is 26.0 Å². The van der Waals surface area contributed by atoms with Crippen LogP contribution >= 0.6 is 0 Å². The SMILES string of the molecule is CCC(C#N)(CC)c1ccc(F)cc1. The minimum Gasteiger partial charge on any atom is -0.207 e. The van der Waals surface area contributed by atoms with E-state index >= 15 is 0 Å². The zero-order valence-corrected chi connectivity index (χ0v) is 8.55. The fourth-order valence-corrected chi connectivity index (χ4v) is 1.65. The summed E-state index contributed by atoms with van der Waals surface area (Å²) in [4.78, 5) is 0. The Hall–Kier alpha value is -1.36. The van der Waals surface area contributed by atoms with E-state index in [0.29, 0.717) is 0 Å². The highest BCUT2D eigenvalue weighted by molar-refractivity contribution is 5.32. The largest absolute Gasteiger partial charge is 0.207 e. The average molecular weight is 191 g/mol. The Labute approximate surface area is 84.2 Å². The first-order chi connectivity index (χ1) is 6.68. The molecule has 1 aromatic rings. The molecule has 0 aromatic heterocycles. The molecule has 0 heterocycles. The summed E-state index contributed by atoms with van der Waals surface area (Å²) in [5.74, 6) is -0.257. The minimum atomic E-state index is -0.451. The number of benzene rings is 1. The predicted octanol–water partition coefficient (Wildman–Crippen LogP) is 3.41.